The van der Waals surface area contributed by atoms with E-state index in [1.54, 1.807) is 11.3 Å². The maximum atomic E-state index is 4.26. The smallest absolute Gasteiger partial charge is 0.147 e. The number of aryl methyl sites for hydroxylation is 2. The Morgan fingerprint density at radius 1 is 1.26 bits per heavy atom. The maximum absolute atomic E-state index is 4.26. The van der Waals surface area contributed by atoms with Crippen LogP contribution in [0.15, 0.2) is 18.3 Å². The molecule has 0 unspecified atom stereocenters. The van der Waals surface area contributed by atoms with E-state index in [1.807, 2.05) is 25.3 Å². The average molecular weight is 276 g/mol. The van der Waals surface area contributed by atoms with Gasteiger partial charge in [0.05, 0.1) is 0 Å². The molecule has 19 heavy (non-hydrogen) atoms. The van der Waals surface area contributed by atoms with Crippen LogP contribution in [-0.2, 0) is 6.42 Å². The fraction of sp³-hybridized carbons (Fsp3) is 0.500. The normalized spacial score (nSPS) is 10.8. The van der Waals surface area contributed by atoms with Gasteiger partial charge in [0.2, 0.25) is 0 Å². The van der Waals surface area contributed by atoms with Crippen molar-refractivity contribution in [3.63, 3.8) is 0 Å². The summed E-state index contributed by atoms with van der Waals surface area (Å²) in [6.45, 7) is 6.32. The first-order chi connectivity index (χ1) is 9.29. The van der Waals surface area contributed by atoms with Crippen LogP contribution >= 0.6 is 11.3 Å². The Balaban J connectivity index is 1.88. The van der Waals surface area contributed by atoms with E-state index in [0.29, 0.717) is 0 Å². The molecule has 0 amide bonds. The summed E-state index contributed by atoms with van der Waals surface area (Å²) < 4.78 is 0. The van der Waals surface area contributed by atoms with Crippen molar-refractivity contribution >= 4 is 11.3 Å². The van der Waals surface area contributed by atoms with Gasteiger partial charge in [-0.1, -0.05) is 18.3 Å². The lowest BCUT2D eigenvalue weighted by atomic mass is 10.2. The van der Waals surface area contributed by atoms with Gasteiger partial charge in [0.1, 0.15) is 10.0 Å². The number of nitrogens with one attached hydrogen (secondary N) is 1. The van der Waals surface area contributed by atoms with Crippen LogP contribution in [0.1, 0.15) is 30.5 Å². The molecule has 0 atom stereocenters. The van der Waals surface area contributed by atoms with E-state index in [0.717, 1.165) is 47.2 Å². The van der Waals surface area contributed by atoms with Gasteiger partial charge in [0.15, 0.2) is 0 Å². The van der Waals surface area contributed by atoms with Crippen LogP contribution < -0.4 is 5.32 Å². The molecule has 2 rings (SSSR count). The summed E-state index contributed by atoms with van der Waals surface area (Å²) in [5, 5.41) is 14.0. The molecule has 0 saturated carbocycles. The largest absolute Gasteiger partial charge is 0.317 e. The van der Waals surface area contributed by atoms with Gasteiger partial charge in [0.25, 0.3) is 0 Å². The van der Waals surface area contributed by atoms with Crippen LogP contribution in [0.4, 0.5) is 0 Å². The highest BCUT2D eigenvalue weighted by Crippen LogP contribution is 2.23. The Labute approximate surface area is 118 Å². The van der Waals surface area contributed by atoms with Gasteiger partial charge in [-0.3, -0.25) is 4.98 Å². The highest BCUT2D eigenvalue weighted by atomic mass is 32.1. The predicted molar refractivity (Wildman–Crippen MR) is 79.4 cm³/mol. The number of hydrogen-bond acceptors (Lipinski definition) is 5. The lowest BCUT2D eigenvalue weighted by molar-refractivity contribution is 0.637. The topological polar surface area (TPSA) is 50.7 Å². The van der Waals surface area contributed by atoms with Crippen LogP contribution in [0, 0.1) is 6.92 Å². The van der Waals surface area contributed by atoms with Crippen molar-refractivity contribution in [1.29, 1.82) is 0 Å². The minimum absolute atomic E-state index is 0.988. The van der Waals surface area contributed by atoms with Crippen molar-refractivity contribution in [1.82, 2.24) is 20.5 Å². The van der Waals surface area contributed by atoms with Crippen LogP contribution in [0.2, 0.25) is 0 Å². The van der Waals surface area contributed by atoms with Gasteiger partial charge in [-0.2, -0.15) is 0 Å². The van der Waals surface area contributed by atoms with Crippen LogP contribution in [0.3, 0.4) is 0 Å². The third kappa shape index (κ3) is 4.36. The van der Waals surface area contributed by atoms with Crippen molar-refractivity contribution in [3.05, 3.63) is 29.0 Å². The van der Waals surface area contributed by atoms with Crippen molar-refractivity contribution < 1.29 is 0 Å². The van der Waals surface area contributed by atoms with E-state index in [1.165, 1.54) is 6.42 Å². The van der Waals surface area contributed by atoms with Gasteiger partial charge in [-0.05, 0) is 45.0 Å². The van der Waals surface area contributed by atoms with Gasteiger partial charge in [-0.15, -0.1) is 10.2 Å². The van der Waals surface area contributed by atoms with E-state index in [9.17, 15) is 0 Å². The Morgan fingerprint density at radius 2 is 2.16 bits per heavy atom. The first kappa shape index (κ1) is 14.1. The minimum Gasteiger partial charge on any atom is -0.317 e. The Hall–Kier alpha value is -1.33. The van der Waals surface area contributed by atoms with Gasteiger partial charge in [0, 0.05) is 23.9 Å². The molecule has 2 aromatic heterocycles. The first-order valence-corrected chi connectivity index (χ1v) is 7.57. The molecule has 4 nitrogen and oxygen atoms in total. The molecule has 5 heteroatoms. The minimum atomic E-state index is 0.988. The van der Waals surface area contributed by atoms with E-state index >= 15 is 0 Å². The fourth-order valence-electron chi connectivity index (χ4n) is 1.82. The number of hydrogen-bond donors (Lipinski definition) is 1. The van der Waals surface area contributed by atoms with Crippen molar-refractivity contribution in [2.24, 2.45) is 0 Å². The molecule has 0 aliphatic heterocycles. The molecular formula is C14H20N4S. The SMILES string of the molecule is CCCNCCCc1nnc(-c2ccnc(C)c2)s1. The fourth-order valence-corrected chi connectivity index (χ4v) is 2.69. The van der Waals surface area contributed by atoms with Crippen LogP contribution in [0.5, 0.6) is 0 Å². The molecule has 0 spiro atoms. The van der Waals surface area contributed by atoms with Gasteiger partial charge in [-0.25, -0.2) is 0 Å². The zero-order valence-electron chi connectivity index (χ0n) is 11.5. The first-order valence-electron chi connectivity index (χ1n) is 6.75. The molecule has 2 aromatic rings. The van der Waals surface area contributed by atoms with Gasteiger partial charge < -0.3 is 5.32 Å². The summed E-state index contributed by atoms with van der Waals surface area (Å²) in [5.41, 5.74) is 2.12. The monoisotopic (exact) mass is 276 g/mol. The molecule has 0 aliphatic carbocycles. The van der Waals surface area contributed by atoms with E-state index in [4.69, 9.17) is 0 Å². The summed E-state index contributed by atoms with van der Waals surface area (Å²) in [6, 6.07) is 4.03. The molecule has 102 valence electrons. The molecule has 0 fully saturated rings. The second-order valence-electron chi connectivity index (χ2n) is 4.54. The summed E-state index contributed by atoms with van der Waals surface area (Å²) in [6.07, 6.45) is 5.12. The lowest BCUT2D eigenvalue weighted by Crippen LogP contribution is -2.16. The number of nitrogens with zero attached hydrogens (tertiary/aromatic N) is 3. The summed E-state index contributed by atoms with van der Waals surface area (Å²) in [5.74, 6) is 0. The molecule has 1 N–H and O–H groups in total. The van der Waals surface area contributed by atoms with E-state index < -0.39 is 0 Å². The maximum Gasteiger partial charge on any atom is 0.147 e. The quantitative estimate of drug-likeness (QED) is 0.790. The Bertz CT molecular complexity index is 510. The van der Waals surface area contributed by atoms with Gasteiger partial charge >= 0.3 is 0 Å². The number of aromatic nitrogens is 3. The zero-order chi connectivity index (χ0) is 13.5. The van der Waals surface area contributed by atoms with Crippen LogP contribution in [-0.4, -0.2) is 28.3 Å². The van der Waals surface area contributed by atoms with Crippen molar-refractivity contribution in [3.8, 4) is 10.6 Å². The number of rotatable bonds is 7. The highest BCUT2D eigenvalue weighted by Gasteiger charge is 2.06. The molecule has 0 bridgehead atoms. The third-order valence-corrected chi connectivity index (χ3v) is 3.81. The summed E-state index contributed by atoms with van der Waals surface area (Å²) in [7, 11) is 0. The summed E-state index contributed by atoms with van der Waals surface area (Å²) >= 11 is 1.68. The lowest BCUT2D eigenvalue weighted by Gasteiger charge is -2.00. The van der Waals surface area contributed by atoms with Crippen LogP contribution in [0.25, 0.3) is 10.6 Å². The summed E-state index contributed by atoms with van der Waals surface area (Å²) in [4.78, 5) is 4.20. The second kappa shape index (κ2) is 7.31. The molecule has 2 heterocycles. The number of pyridine rings is 1. The highest BCUT2D eigenvalue weighted by molar-refractivity contribution is 7.14. The van der Waals surface area contributed by atoms with Crippen molar-refractivity contribution in [2.45, 2.75) is 33.1 Å². The Kier molecular flexibility index (Phi) is 5.42. The molecule has 0 aliphatic rings. The molecule has 0 aromatic carbocycles. The average Bonchev–Trinajstić information content (AvgIpc) is 2.87. The van der Waals surface area contributed by atoms with E-state index in [2.05, 4.69) is 27.4 Å². The third-order valence-electron chi connectivity index (χ3n) is 2.78. The molecular weight excluding hydrogens is 256 g/mol. The predicted octanol–water partition coefficient (Wildman–Crippen LogP) is 2.84. The standard InChI is InChI=1S/C14H20N4S/c1-3-7-15-8-4-5-13-17-18-14(19-13)12-6-9-16-11(2)10-12/h6,9-10,15H,3-5,7-8H2,1-2H3. The Morgan fingerprint density at radius 3 is 2.95 bits per heavy atom. The molecule has 0 radical (unpaired) electrons. The van der Waals surface area contributed by atoms with E-state index in [-0.39, 0.29) is 0 Å². The van der Waals surface area contributed by atoms with Crippen molar-refractivity contribution in [2.75, 3.05) is 13.1 Å². The zero-order valence-corrected chi connectivity index (χ0v) is 12.3. The second-order valence-corrected chi connectivity index (χ2v) is 5.60. The molecule has 0 saturated heterocycles.